The van der Waals surface area contributed by atoms with Crippen LogP contribution in [-0.2, 0) is 11.2 Å². The molecule has 0 unspecified atom stereocenters. The second kappa shape index (κ2) is 5.48. The summed E-state index contributed by atoms with van der Waals surface area (Å²) in [7, 11) is 0. The summed E-state index contributed by atoms with van der Waals surface area (Å²) in [5, 5.41) is 9.43. The van der Waals surface area contributed by atoms with Gasteiger partial charge in [-0.25, -0.2) is 9.59 Å². The highest BCUT2D eigenvalue weighted by Gasteiger charge is 2.33. The van der Waals surface area contributed by atoms with E-state index in [1.54, 1.807) is 17.9 Å². The normalized spacial score (nSPS) is 16.4. The van der Waals surface area contributed by atoms with Crippen LogP contribution in [0.25, 0.3) is 5.57 Å². The van der Waals surface area contributed by atoms with Crippen LogP contribution >= 0.6 is 0 Å². The summed E-state index contributed by atoms with van der Waals surface area (Å²) >= 11 is 0. The summed E-state index contributed by atoms with van der Waals surface area (Å²) in [4.78, 5) is 25.1. The molecule has 0 radical (unpaired) electrons. The molecule has 0 spiro atoms. The highest BCUT2D eigenvalue weighted by Crippen LogP contribution is 2.41. The Balaban J connectivity index is 1.96. The van der Waals surface area contributed by atoms with Crippen molar-refractivity contribution >= 4 is 17.6 Å². The Morgan fingerprint density at radius 2 is 2.14 bits per heavy atom. The summed E-state index contributed by atoms with van der Waals surface area (Å²) in [6, 6.07) is 3.55. The molecule has 1 aromatic rings. The lowest BCUT2D eigenvalue weighted by Gasteiger charge is -2.28. The Kier molecular flexibility index (Phi) is 3.64. The van der Waals surface area contributed by atoms with Crippen LogP contribution in [0.3, 0.4) is 0 Å². The van der Waals surface area contributed by atoms with Crippen molar-refractivity contribution in [1.82, 2.24) is 4.90 Å². The summed E-state index contributed by atoms with van der Waals surface area (Å²) < 4.78 is 5.06. The molecule has 3 rings (SSSR count). The van der Waals surface area contributed by atoms with Gasteiger partial charge in [0.1, 0.15) is 0 Å². The second-order valence-corrected chi connectivity index (χ2v) is 5.72. The molecule has 0 aromatic heterocycles. The third kappa shape index (κ3) is 2.26. The predicted molar refractivity (Wildman–Crippen MR) is 82.0 cm³/mol. The number of amides is 1. The van der Waals surface area contributed by atoms with Gasteiger partial charge in [0.2, 0.25) is 0 Å². The average Bonchev–Trinajstić information content (AvgIpc) is 2.87. The molecule has 5 nitrogen and oxygen atoms in total. The van der Waals surface area contributed by atoms with Crippen LogP contribution in [0, 0.1) is 6.92 Å². The molecule has 5 heteroatoms. The number of hydrogen-bond acceptors (Lipinski definition) is 3. The van der Waals surface area contributed by atoms with Crippen LogP contribution in [0.1, 0.15) is 40.4 Å². The molecule has 1 N–H and O–H groups in total. The second-order valence-electron chi connectivity index (χ2n) is 5.72. The molecule has 1 aliphatic heterocycles. The lowest BCUT2D eigenvalue weighted by molar-refractivity contribution is 0.0696. The number of rotatable bonds is 2. The van der Waals surface area contributed by atoms with Gasteiger partial charge in [-0.2, -0.15) is 0 Å². The number of ether oxygens (including phenoxy) is 1. The highest BCUT2D eigenvalue weighted by molar-refractivity contribution is 5.97. The zero-order chi connectivity index (χ0) is 15.9. The maximum Gasteiger partial charge on any atom is 0.410 e. The lowest BCUT2D eigenvalue weighted by Crippen LogP contribution is -2.36. The highest BCUT2D eigenvalue weighted by atomic mass is 16.6. The number of hydrogen-bond donors (Lipinski definition) is 1. The smallest absolute Gasteiger partial charge is 0.410 e. The molecule has 1 aromatic carbocycles. The molecule has 1 amide bonds. The first kappa shape index (κ1) is 14.6. The topological polar surface area (TPSA) is 66.8 Å². The average molecular weight is 301 g/mol. The first-order valence-electron chi connectivity index (χ1n) is 7.51. The molecule has 0 atom stereocenters. The SMILES string of the molecule is CCOC(=O)N1CCC2=C(Cc3c(C)ccc(C(=O)O)c32)C1. The number of benzene rings is 1. The van der Waals surface area contributed by atoms with Gasteiger partial charge >= 0.3 is 12.1 Å². The van der Waals surface area contributed by atoms with Crippen molar-refractivity contribution in [2.24, 2.45) is 0 Å². The summed E-state index contributed by atoms with van der Waals surface area (Å²) in [5.41, 5.74) is 5.71. The van der Waals surface area contributed by atoms with Crippen LogP contribution in [0.2, 0.25) is 0 Å². The van der Waals surface area contributed by atoms with Crippen molar-refractivity contribution in [3.8, 4) is 0 Å². The van der Waals surface area contributed by atoms with E-state index in [9.17, 15) is 14.7 Å². The van der Waals surface area contributed by atoms with Gasteiger partial charge in [0.05, 0.1) is 12.2 Å². The zero-order valence-corrected chi connectivity index (χ0v) is 12.8. The summed E-state index contributed by atoms with van der Waals surface area (Å²) in [5.74, 6) is -0.891. The van der Waals surface area contributed by atoms with E-state index >= 15 is 0 Å². The summed E-state index contributed by atoms with van der Waals surface area (Å²) in [6.07, 6.45) is 1.12. The van der Waals surface area contributed by atoms with Crippen LogP contribution in [0.5, 0.6) is 0 Å². The standard InChI is InChI=1S/C17H19NO4/c1-3-22-17(21)18-7-6-12-11(9-18)8-14-10(2)4-5-13(15(12)14)16(19)20/h4-5H,3,6-9H2,1-2H3,(H,19,20). The number of nitrogens with zero attached hydrogens (tertiary/aromatic N) is 1. The number of aromatic carboxylic acids is 1. The van der Waals surface area contributed by atoms with Gasteiger partial charge < -0.3 is 14.7 Å². The molecule has 2 aliphatic rings. The van der Waals surface area contributed by atoms with Crippen molar-refractivity contribution in [1.29, 1.82) is 0 Å². The monoisotopic (exact) mass is 301 g/mol. The largest absolute Gasteiger partial charge is 0.478 e. The number of carboxylic acid groups (broad SMARTS) is 1. The van der Waals surface area contributed by atoms with E-state index in [2.05, 4.69) is 0 Å². The first-order chi connectivity index (χ1) is 10.5. The number of carbonyl (C=O) groups excluding carboxylic acids is 1. The van der Waals surface area contributed by atoms with Gasteiger partial charge in [0, 0.05) is 13.1 Å². The molecule has 22 heavy (non-hydrogen) atoms. The molecule has 0 bridgehead atoms. The van der Waals surface area contributed by atoms with E-state index in [1.165, 1.54) is 0 Å². The molecule has 116 valence electrons. The summed E-state index contributed by atoms with van der Waals surface area (Å²) in [6.45, 7) is 5.27. The van der Waals surface area contributed by atoms with Crippen LogP contribution in [-0.4, -0.2) is 41.8 Å². The minimum atomic E-state index is -0.891. The zero-order valence-electron chi connectivity index (χ0n) is 12.8. The minimum Gasteiger partial charge on any atom is -0.478 e. The van der Waals surface area contributed by atoms with Crippen LogP contribution < -0.4 is 0 Å². The van der Waals surface area contributed by atoms with Gasteiger partial charge in [-0.3, -0.25) is 0 Å². The third-order valence-corrected chi connectivity index (χ3v) is 4.44. The Labute approximate surface area is 129 Å². The lowest BCUT2D eigenvalue weighted by atomic mass is 9.93. The van der Waals surface area contributed by atoms with Crippen LogP contribution in [0.15, 0.2) is 17.7 Å². The Hall–Kier alpha value is -2.30. The number of carbonyl (C=O) groups is 2. The maximum atomic E-state index is 11.9. The molecule has 0 saturated heterocycles. The molecular formula is C17H19NO4. The maximum absolute atomic E-state index is 11.9. The third-order valence-electron chi connectivity index (χ3n) is 4.44. The molecular weight excluding hydrogens is 282 g/mol. The Morgan fingerprint density at radius 1 is 1.36 bits per heavy atom. The fraction of sp³-hybridized carbons (Fsp3) is 0.412. The van der Waals surface area contributed by atoms with Gasteiger partial charge in [0.25, 0.3) is 0 Å². The molecule has 0 saturated carbocycles. The van der Waals surface area contributed by atoms with Crippen LogP contribution in [0.4, 0.5) is 4.79 Å². The molecule has 0 fully saturated rings. The van der Waals surface area contributed by atoms with E-state index in [-0.39, 0.29) is 6.09 Å². The van der Waals surface area contributed by atoms with Crippen molar-refractivity contribution in [2.45, 2.75) is 26.7 Å². The van der Waals surface area contributed by atoms with E-state index in [0.717, 1.165) is 34.3 Å². The first-order valence-corrected chi connectivity index (χ1v) is 7.51. The van der Waals surface area contributed by atoms with E-state index < -0.39 is 5.97 Å². The van der Waals surface area contributed by atoms with Gasteiger partial charge in [-0.05, 0) is 60.6 Å². The Bertz CT molecular complexity index is 690. The Morgan fingerprint density at radius 3 is 2.82 bits per heavy atom. The molecule has 1 aliphatic carbocycles. The van der Waals surface area contributed by atoms with E-state index in [0.29, 0.717) is 31.7 Å². The van der Waals surface area contributed by atoms with Gasteiger partial charge in [-0.1, -0.05) is 6.07 Å². The number of carboxylic acids is 1. The van der Waals surface area contributed by atoms with E-state index in [1.807, 2.05) is 13.0 Å². The number of aryl methyl sites for hydroxylation is 1. The quantitative estimate of drug-likeness (QED) is 0.912. The predicted octanol–water partition coefficient (Wildman–Crippen LogP) is 2.87. The van der Waals surface area contributed by atoms with Crippen molar-refractivity contribution in [2.75, 3.05) is 19.7 Å². The van der Waals surface area contributed by atoms with Gasteiger partial charge in [-0.15, -0.1) is 0 Å². The van der Waals surface area contributed by atoms with E-state index in [4.69, 9.17) is 4.74 Å². The van der Waals surface area contributed by atoms with Crippen molar-refractivity contribution in [3.05, 3.63) is 40.0 Å². The van der Waals surface area contributed by atoms with Crippen molar-refractivity contribution < 1.29 is 19.4 Å². The fourth-order valence-electron chi connectivity index (χ4n) is 3.38. The van der Waals surface area contributed by atoms with Gasteiger partial charge in [0.15, 0.2) is 0 Å². The van der Waals surface area contributed by atoms with Crippen molar-refractivity contribution in [3.63, 3.8) is 0 Å². The molecule has 1 heterocycles. The minimum absolute atomic E-state index is 0.291. The number of fused-ring (bicyclic) bond motifs is 2. The fourth-order valence-corrected chi connectivity index (χ4v) is 3.38.